The van der Waals surface area contributed by atoms with Gasteiger partial charge >= 0.3 is 13.9 Å². The number of phosphoric ester groups is 1. The van der Waals surface area contributed by atoms with E-state index in [9.17, 15) is 22.6 Å². The van der Waals surface area contributed by atoms with Crippen LogP contribution >= 0.6 is 7.82 Å². The molecule has 0 saturated carbocycles. The molecule has 0 aliphatic rings. The second kappa shape index (κ2) is 19.7. The number of rotatable bonds is 19. The molecule has 0 radical (unpaired) electrons. The fraction of sp³-hybridized carbons (Fsp3) is 0.310. The number of Topliss-reactive ketones (excluding diaryl/α,β-unsaturated/α-hetero) is 1. The molecule has 0 spiro atoms. The maximum atomic E-state index is 13.5. The maximum absolute atomic E-state index is 13.5. The number of ketones is 1. The molecule has 320 valence electrons. The summed E-state index contributed by atoms with van der Waals surface area (Å²) in [7, 11) is -5.32. The summed E-state index contributed by atoms with van der Waals surface area (Å²) in [6, 6.07) is 22.7. The van der Waals surface area contributed by atoms with Crippen molar-refractivity contribution in [3.63, 3.8) is 0 Å². The zero-order chi connectivity index (χ0) is 43.7. The number of nitrogens with one attached hydrogen (secondary N) is 3. The molecule has 0 aliphatic heterocycles. The number of fused-ring (bicyclic) bond motifs is 1. The third kappa shape index (κ3) is 13.0. The molecule has 5 N–H and O–H groups in total. The Morgan fingerprint density at radius 2 is 1.53 bits per heavy atom. The lowest BCUT2D eigenvalue weighted by molar-refractivity contribution is 0.0794. The van der Waals surface area contributed by atoms with Crippen molar-refractivity contribution in [3.8, 4) is 23.0 Å². The van der Waals surface area contributed by atoms with Crippen molar-refractivity contribution in [2.24, 2.45) is 0 Å². The summed E-state index contributed by atoms with van der Waals surface area (Å²) in [6.45, 7) is 5.86. The smallest absolute Gasteiger partial charge is 0.469 e. The van der Waals surface area contributed by atoms with Gasteiger partial charge in [0, 0.05) is 48.2 Å². The summed E-state index contributed by atoms with van der Waals surface area (Å²) < 4.78 is 64.6. The first-order valence-electron chi connectivity index (χ1n) is 18.7. The molecule has 2 amide bonds. The van der Waals surface area contributed by atoms with E-state index in [0.29, 0.717) is 52.4 Å². The number of amides is 2. The van der Waals surface area contributed by atoms with Gasteiger partial charge in [-0.3, -0.25) is 19.0 Å². The van der Waals surface area contributed by atoms with Crippen molar-refractivity contribution in [3.05, 3.63) is 107 Å². The molecular weight excluding hydrogens is 816 g/mol. The van der Waals surface area contributed by atoms with Crippen molar-refractivity contribution in [2.45, 2.75) is 45.4 Å². The Labute approximate surface area is 348 Å². The van der Waals surface area contributed by atoms with Crippen molar-refractivity contribution in [2.75, 3.05) is 55.7 Å². The van der Waals surface area contributed by atoms with Crippen molar-refractivity contribution < 1.29 is 55.8 Å². The summed E-state index contributed by atoms with van der Waals surface area (Å²) in [6.07, 6.45) is 3.68. The van der Waals surface area contributed by atoms with E-state index >= 15 is 0 Å². The van der Waals surface area contributed by atoms with Crippen LogP contribution in [0.3, 0.4) is 0 Å². The topological polar surface area (TPSA) is 221 Å². The number of hydrogen-bond donors (Lipinski definition) is 5. The number of methoxy groups -OCH3 is 2. The zero-order valence-electron chi connectivity index (χ0n) is 34.1. The van der Waals surface area contributed by atoms with Gasteiger partial charge in [-0.05, 0) is 65.4 Å². The van der Waals surface area contributed by atoms with E-state index in [1.807, 2.05) is 57.2 Å². The Hall–Kier alpha value is -5.55. The standard InChI is InChI=1S/C42H49N4O12PS/c1-42(2,3)28-24-35(40(55-5)36(25-28)46-60(6,52)53)45-41(48)44-34-15-16-38(32-11-8-7-10-31(32)34)58-30-17-18-43-29(26-30)22-27-13-14-33(39(23-27)54-4)37(47)12-9-19-56-20-21-57-59(49,50)51/h7-8,10-11,13-18,23-26,46H,9,12,19-22H2,1-6H3,(H2,44,45,48)(H2,49,50,51). The van der Waals surface area contributed by atoms with Crippen LogP contribution in [0.25, 0.3) is 10.8 Å². The van der Waals surface area contributed by atoms with Gasteiger partial charge in [0.1, 0.15) is 17.2 Å². The van der Waals surface area contributed by atoms with Crippen LogP contribution in [0.4, 0.5) is 21.9 Å². The third-order valence-corrected chi connectivity index (χ3v) is 10.1. The quantitative estimate of drug-likeness (QED) is 0.0302. The number of carbonyl (C=O) groups excluding carboxylic acids is 2. The van der Waals surface area contributed by atoms with Crippen LogP contribution in [0.5, 0.6) is 23.0 Å². The van der Waals surface area contributed by atoms with Gasteiger partial charge in [0.2, 0.25) is 10.0 Å². The summed E-state index contributed by atoms with van der Waals surface area (Å²) >= 11 is 0. The SMILES string of the molecule is COc1cc(Cc2cc(Oc3ccc(NC(=O)Nc4cc(C(C)(C)C)cc(NS(C)(=O)=O)c4OC)c4ccccc34)ccn2)ccc1C(=O)CCCOCCOP(=O)(O)O. The van der Waals surface area contributed by atoms with Gasteiger partial charge in [-0.25, -0.2) is 17.8 Å². The van der Waals surface area contributed by atoms with E-state index in [1.165, 1.54) is 14.2 Å². The largest absolute Gasteiger partial charge is 0.496 e. The molecule has 18 heteroatoms. The number of ether oxygens (including phenoxy) is 4. The molecule has 0 unspecified atom stereocenters. The number of carbonyl (C=O) groups is 2. The van der Waals surface area contributed by atoms with E-state index < -0.39 is 23.9 Å². The van der Waals surface area contributed by atoms with E-state index in [4.69, 9.17) is 28.7 Å². The van der Waals surface area contributed by atoms with Crippen LogP contribution in [0.2, 0.25) is 0 Å². The highest BCUT2D eigenvalue weighted by molar-refractivity contribution is 7.92. The first-order valence-corrected chi connectivity index (χ1v) is 22.2. The molecule has 0 fully saturated rings. The number of phosphoric acid groups is 1. The summed E-state index contributed by atoms with van der Waals surface area (Å²) in [5, 5.41) is 7.17. The molecule has 1 heterocycles. The van der Waals surface area contributed by atoms with E-state index in [-0.39, 0.29) is 54.6 Å². The van der Waals surface area contributed by atoms with Gasteiger partial charge in [-0.15, -0.1) is 0 Å². The number of aromatic nitrogens is 1. The van der Waals surface area contributed by atoms with Gasteiger partial charge in [-0.1, -0.05) is 51.1 Å². The minimum absolute atomic E-state index is 0.0118. The molecule has 0 saturated heterocycles. The Balaban J connectivity index is 1.26. The van der Waals surface area contributed by atoms with Gasteiger partial charge in [0.25, 0.3) is 0 Å². The molecule has 0 bridgehead atoms. The van der Waals surface area contributed by atoms with Gasteiger partial charge in [0.15, 0.2) is 11.5 Å². The number of nitrogens with zero attached hydrogens (tertiary/aromatic N) is 1. The Morgan fingerprint density at radius 1 is 0.817 bits per heavy atom. The van der Waals surface area contributed by atoms with Crippen molar-refractivity contribution in [1.82, 2.24) is 4.98 Å². The highest BCUT2D eigenvalue weighted by Gasteiger charge is 2.23. The van der Waals surface area contributed by atoms with Crippen LogP contribution < -0.4 is 29.6 Å². The van der Waals surface area contributed by atoms with E-state index in [1.54, 1.807) is 48.7 Å². The van der Waals surface area contributed by atoms with Crippen molar-refractivity contribution in [1.29, 1.82) is 0 Å². The molecule has 5 aromatic rings. The number of benzene rings is 4. The molecule has 0 aliphatic carbocycles. The van der Waals surface area contributed by atoms with Crippen molar-refractivity contribution >= 4 is 57.5 Å². The molecule has 5 rings (SSSR count). The highest BCUT2D eigenvalue weighted by atomic mass is 32.2. The fourth-order valence-electron chi connectivity index (χ4n) is 6.21. The van der Waals surface area contributed by atoms with Crippen LogP contribution in [0, 0.1) is 0 Å². The Kier molecular flexibility index (Phi) is 14.9. The highest BCUT2D eigenvalue weighted by Crippen LogP contribution is 2.40. The second-order valence-corrected chi connectivity index (χ2v) is 17.7. The zero-order valence-corrected chi connectivity index (χ0v) is 35.8. The molecule has 16 nitrogen and oxygen atoms in total. The predicted octanol–water partition coefficient (Wildman–Crippen LogP) is 8.04. The lowest BCUT2D eigenvalue weighted by atomic mass is 9.86. The van der Waals surface area contributed by atoms with E-state index in [0.717, 1.165) is 22.8 Å². The monoisotopic (exact) mass is 864 g/mol. The van der Waals surface area contributed by atoms with Crippen LogP contribution in [-0.2, 0) is 35.7 Å². The number of urea groups is 1. The molecule has 4 aromatic carbocycles. The molecular formula is C42H49N4O12PS. The minimum Gasteiger partial charge on any atom is -0.496 e. The Morgan fingerprint density at radius 3 is 2.22 bits per heavy atom. The van der Waals surface area contributed by atoms with Gasteiger partial charge < -0.3 is 39.4 Å². The Bertz CT molecular complexity index is 2500. The maximum Gasteiger partial charge on any atom is 0.469 e. The second-order valence-electron chi connectivity index (χ2n) is 14.7. The van der Waals surface area contributed by atoms with Crippen LogP contribution in [0.1, 0.15) is 60.8 Å². The predicted molar refractivity (Wildman–Crippen MR) is 229 cm³/mol. The number of sulfonamides is 1. The lowest BCUT2D eigenvalue weighted by Gasteiger charge is -2.24. The number of pyridine rings is 1. The molecule has 1 aromatic heterocycles. The van der Waals surface area contributed by atoms with Crippen LogP contribution in [0.15, 0.2) is 85.1 Å². The lowest BCUT2D eigenvalue weighted by Crippen LogP contribution is -2.22. The average Bonchev–Trinajstić information content (AvgIpc) is 3.17. The summed E-state index contributed by atoms with van der Waals surface area (Å²) in [4.78, 5) is 48.4. The average molecular weight is 865 g/mol. The normalized spacial score (nSPS) is 11.9. The molecule has 0 atom stereocenters. The molecule has 60 heavy (non-hydrogen) atoms. The number of hydrogen-bond acceptors (Lipinski definition) is 11. The number of anilines is 3. The summed E-state index contributed by atoms with van der Waals surface area (Å²) in [5.41, 5.74) is 3.34. The summed E-state index contributed by atoms with van der Waals surface area (Å²) in [5.74, 6) is 1.50. The van der Waals surface area contributed by atoms with E-state index in [2.05, 4.69) is 24.9 Å². The third-order valence-electron chi connectivity index (χ3n) is 8.98. The van der Waals surface area contributed by atoms with Gasteiger partial charge in [-0.2, -0.15) is 0 Å². The first-order chi connectivity index (χ1) is 28.3. The van der Waals surface area contributed by atoms with Gasteiger partial charge in [0.05, 0.1) is 56.3 Å². The minimum atomic E-state index is -4.55. The fourth-order valence-corrected chi connectivity index (χ4v) is 7.07. The van der Waals surface area contributed by atoms with Crippen LogP contribution in [-0.4, -0.2) is 75.3 Å². The first kappa shape index (κ1) is 45.5.